The molecule has 0 spiro atoms. The zero-order valence-electron chi connectivity index (χ0n) is 8.09. The molecule has 4 nitrogen and oxygen atoms in total. The fraction of sp³-hybridized carbons (Fsp3) is 0.667. The Morgan fingerprint density at radius 1 is 1.15 bits per heavy atom. The van der Waals surface area contributed by atoms with Gasteiger partial charge in [-0.25, -0.2) is 0 Å². The van der Waals surface area contributed by atoms with Crippen molar-refractivity contribution in [1.82, 2.24) is 0 Å². The van der Waals surface area contributed by atoms with Gasteiger partial charge in [0.1, 0.15) is 11.6 Å². The van der Waals surface area contributed by atoms with Crippen molar-refractivity contribution in [2.24, 2.45) is 5.41 Å². The summed E-state index contributed by atoms with van der Waals surface area (Å²) in [5.74, 6) is -1.55. The van der Waals surface area contributed by atoms with E-state index in [1.807, 2.05) is 0 Å². The average Bonchev–Trinajstić information content (AvgIpc) is 1.99. The van der Waals surface area contributed by atoms with Gasteiger partial charge in [0, 0.05) is 6.42 Å². The molecule has 0 rings (SSSR count). The molecule has 13 heavy (non-hydrogen) atoms. The summed E-state index contributed by atoms with van der Waals surface area (Å²) in [5, 5.41) is 8.42. The Labute approximate surface area is 76.9 Å². The van der Waals surface area contributed by atoms with E-state index in [0.717, 1.165) is 0 Å². The van der Waals surface area contributed by atoms with Gasteiger partial charge < -0.3 is 5.11 Å². The monoisotopic (exact) mass is 186 g/mol. The van der Waals surface area contributed by atoms with Crippen LogP contribution in [0.25, 0.3) is 0 Å². The van der Waals surface area contributed by atoms with Crippen LogP contribution in [0.2, 0.25) is 0 Å². The van der Waals surface area contributed by atoms with E-state index in [2.05, 4.69) is 0 Å². The molecule has 0 aromatic carbocycles. The van der Waals surface area contributed by atoms with E-state index in [-0.39, 0.29) is 24.4 Å². The number of ketones is 2. The van der Waals surface area contributed by atoms with Gasteiger partial charge in [0.05, 0.1) is 5.41 Å². The van der Waals surface area contributed by atoms with E-state index in [4.69, 9.17) is 5.11 Å². The number of carboxylic acid groups (broad SMARTS) is 1. The van der Waals surface area contributed by atoms with Crippen LogP contribution in [0, 0.1) is 5.41 Å². The molecule has 0 aromatic rings. The number of hydrogen-bond donors (Lipinski definition) is 1. The summed E-state index contributed by atoms with van der Waals surface area (Å²) >= 11 is 0. The molecule has 0 fully saturated rings. The molecule has 74 valence electrons. The smallest absolute Gasteiger partial charge is 0.303 e. The van der Waals surface area contributed by atoms with Gasteiger partial charge in [-0.2, -0.15) is 0 Å². The number of hydrogen-bond acceptors (Lipinski definition) is 3. The average molecular weight is 186 g/mol. The molecule has 0 saturated heterocycles. The van der Waals surface area contributed by atoms with Gasteiger partial charge in [-0.1, -0.05) is 0 Å². The number of carbonyl (C=O) groups is 3. The van der Waals surface area contributed by atoms with Crippen LogP contribution >= 0.6 is 0 Å². The third kappa shape index (κ3) is 2.97. The first-order valence-corrected chi connectivity index (χ1v) is 4.04. The van der Waals surface area contributed by atoms with Crippen molar-refractivity contribution in [3.63, 3.8) is 0 Å². The number of carbonyl (C=O) groups excluding carboxylic acids is 2. The van der Waals surface area contributed by atoms with Gasteiger partial charge in [-0.05, 0) is 27.2 Å². The Morgan fingerprint density at radius 2 is 1.54 bits per heavy atom. The Balaban J connectivity index is 4.52. The van der Waals surface area contributed by atoms with Crippen molar-refractivity contribution < 1.29 is 19.5 Å². The van der Waals surface area contributed by atoms with Crippen LogP contribution in [0.15, 0.2) is 0 Å². The Bertz CT molecular complexity index is 228. The van der Waals surface area contributed by atoms with Gasteiger partial charge in [-0.3, -0.25) is 14.4 Å². The fourth-order valence-electron chi connectivity index (χ4n) is 0.957. The molecule has 0 aliphatic heterocycles. The molecule has 0 aliphatic rings. The molecule has 0 aliphatic carbocycles. The van der Waals surface area contributed by atoms with Gasteiger partial charge >= 0.3 is 5.97 Å². The highest BCUT2D eigenvalue weighted by Gasteiger charge is 2.35. The number of aliphatic carboxylic acids is 1. The summed E-state index contributed by atoms with van der Waals surface area (Å²) in [5.41, 5.74) is -1.13. The largest absolute Gasteiger partial charge is 0.481 e. The normalized spacial score (nSPS) is 11.0. The molecule has 0 unspecified atom stereocenters. The maximum atomic E-state index is 11.1. The Morgan fingerprint density at radius 3 is 1.77 bits per heavy atom. The zero-order chi connectivity index (χ0) is 10.6. The lowest BCUT2D eigenvalue weighted by molar-refractivity contribution is -0.140. The maximum Gasteiger partial charge on any atom is 0.303 e. The molecule has 0 aromatic heterocycles. The van der Waals surface area contributed by atoms with Gasteiger partial charge in [0.2, 0.25) is 0 Å². The lowest BCUT2D eigenvalue weighted by atomic mass is 9.78. The Hall–Kier alpha value is -1.19. The van der Waals surface area contributed by atoms with Crippen molar-refractivity contribution >= 4 is 17.5 Å². The first-order valence-electron chi connectivity index (χ1n) is 4.04. The molecule has 0 bridgehead atoms. The summed E-state index contributed by atoms with van der Waals surface area (Å²) in [6.07, 6.45) is -0.0807. The van der Waals surface area contributed by atoms with Crippen LogP contribution in [-0.2, 0) is 14.4 Å². The molecule has 0 heterocycles. The minimum absolute atomic E-state index is 0.0764. The molecule has 0 radical (unpaired) electrons. The highest BCUT2D eigenvalue weighted by atomic mass is 16.4. The third-order valence-electron chi connectivity index (χ3n) is 2.39. The van der Waals surface area contributed by atoms with Gasteiger partial charge in [0.15, 0.2) is 0 Å². The maximum absolute atomic E-state index is 11.1. The molecule has 0 atom stereocenters. The molecule has 4 heteroatoms. The van der Waals surface area contributed by atoms with Crippen molar-refractivity contribution in [3.8, 4) is 0 Å². The van der Waals surface area contributed by atoms with E-state index >= 15 is 0 Å². The van der Waals surface area contributed by atoms with E-state index < -0.39 is 11.4 Å². The first-order chi connectivity index (χ1) is 5.80. The number of rotatable bonds is 5. The van der Waals surface area contributed by atoms with Crippen molar-refractivity contribution in [2.45, 2.75) is 33.6 Å². The predicted octanol–water partition coefficient (Wildman–Crippen LogP) is 1.04. The molecule has 1 N–H and O–H groups in total. The number of carboxylic acids is 1. The summed E-state index contributed by atoms with van der Waals surface area (Å²) in [6, 6.07) is 0. The lowest BCUT2D eigenvalue weighted by Gasteiger charge is -2.22. The molecule has 0 saturated carbocycles. The fourth-order valence-corrected chi connectivity index (χ4v) is 0.957. The summed E-state index contributed by atoms with van der Waals surface area (Å²) in [7, 11) is 0. The summed E-state index contributed by atoms with van der Waals surface area (Å²) in [6.45, 7) is 4.10. The van der Waals surface area contributed by atoms with Crippen LogP contribution in [0.5, 0.6) is 0 Å². The standard InChI is InChI=1S/C9H14O4/c1-6(10)9(3,7(2)11)5-4-8(12)13/h4-5H2,1-3H3,(H,12,13). The van der Waals surface area contributed by atoms with Crippen molar-refractivity contribution in [2.75, 3.05) is 0 Å². The quantitative estimate of drug-likeness (QED) is 0.651. The van der Waals surface area contributed by atoms with Crippen molar-refractivity contribution in [3.05, 3.63) is 0 Å². The van der Waals surface area contributed by atoms with E-state index in [9.17, 15) is 14.4 Å². The summed E-state index contributed by atoms with van der Waals surface area (Å²) in [4.78, 5) is 32.5. The number of Topliss-reactive ketones (excluding diaryl/α,β-unsaturated/α-hetero) is 2. The van der Waals surface area contributed by atoms with Gasteiger partial charge in [-0.15, -0.1) is 0 Å². The Kier molecular flexibility index (Phi) is 3.78. The minimum atomic E-state index is -1.13. The second-order valence-corrected chi connectivity index (χ2v) is 3.34. The van der Waals surface area contributed by atoms with E-state index in [1.165, 1.54) is 20.8 Å². The SMILES string of the molecule is CC(=O)C(C)(CCC(=O)O)C(C)=O. The molecule has 0 amide bonds. The first kappa shape index (κ1) is 11.8. The highest BCUT2D eigenvalue weighted by Crippen LogP contribution is 2.25. The van der Waals surface area contributed by atoms with Crippen LogP contribution in [-0.4, -0.2) is 22.6 Å². The van der Waals surface area contributed by atoms with E-state index in [1.54, 1.807) is 0 Å². The van der Waals surface area contributed by atoms with Crippen LogP contribution in [0.3, 0.4) is 0 Å². The van der Waals surface area contributed by atoms with Crippen LogP contribution < -0.4 is 0 Å². The molecular weight excluding hydrogens is 172 g/mol. The van der Waals surface area contributed by atoms with Crippen molar-refractivity contribution in [1.29, 1.82) is 0 Å². The second kappa shape index (κ2) is 4.16. The third-order valence-corrected chi connectivity index (χ3v) is 2.39. The van der Waals surface area contributed by atoms with Crippen LogP contribution in [0.4, 0.5) is 0 Å². The minimum Gasteiger partial charge on any atom is -0.481 e. The predicted molar refractivity (Wildman–Crippen MR) is 46.3 cm³/mol. The second-order valence-electron chi connectivity index (χ2n) is 3.34. The lowest BCUT2D eigenvalue weighted by Crippen LogP contribution is -2.33. The summed E-state index contributed by atoms with van der Waals surface area (Å²) < 4.78 is 0. The van der Waals surface area contributed by atoms with E-state index in [0.29, 0.717) is 0 Å². The van der Waals surface area contributed by atoms with Gasteiger partial charge in [0.25, 0.3) is 0 Å². The molecular formula is C9H14O4. The highest BCUT2D eigenvalue weighted by molar-refractivity contribution is 6.04. The van der Waals surface area contributed by atoms with Crippen LogP contribution in [0.1, 0.15) is 33.6 Å². The zero-order valence-corrected chi connectivity index (χ0v) is 8.09. The topological polar surface area (TPSA) is 71.4 Å².